The van der Waals surface area contributed by atoms with E-state index < -0.39 is 5.97 Å². The van der Waals surface area contributed by atoms with Crippen LogP contribution < -0.4 is 5.32 Å². The molecule has 1 heterocycles. The molecule has 1 aliphatic carbocycles. The fourth-order valence-corrected chi connectivity index (χ4v) is 2.96. The molecule has 0 aliphatic heterocycles. The number of carboxylic acid groups (broad SMARTS) is 1. The van der Waals surface area contributed by atoms with E-state index in [4.69, 9.17) is 5.11 Å². The van der Waals surface area contributed by atoms with Crippen LogP contribution in [-0.2, 0) is 11.2 Å². The van der Waals surface area contributed by atoms with Crippen molar-refractivity contribution in [2.45, 2.75) is 38.1 Å². The molecule has 1 aromatic heterocycles. The summed E-state index contributed by atoms with van der Waals surface area (Å²) in [6, 6.07) is 0.364. The molecule has 1 aromatic rings. The van der Waals surface area contributed by atoms with Crippen LogP contribution in [0.3, 0.4) is 0 Å². The third-order valence-electron chi connectivity index (χ3n) is 3.32. The number of hydrogen-bond acceptors (Lipinski definition) is 4. The smallest absolute Gasteiger partial charge is 0.306 e. The maximum Gasteiger partial charge on any atom is 0.306 e. The lowest BCUT2D eigenvalue weighted by molar-refractivity contribution is -0.143. The number of aliphatic carboxylic acids is 1. The predicted octanol–water partition coefficient (Wildman–Crippen LogP) is 1.92. The highest BCUT2D eigenvalue weighted by Crippen LogP contribution is 2.24. The van der Waals surface area contributed by atoms with Gasteiger partial charge < -0.3 is 10.4 Å². The molecular formula is C12H18N2O2S. The van der Waals surface area contributed by atoms with E-state index in [0.717, 1.165) is 44.3 Å². The third kappa shape index (κ3) is 3.78. The minimum Gasteiger partial charge on any atom is -0.481 e. The molecule has 0 spiro atoms. The largest absolute Gasteiger partial charge is 0.481 e. The molecule has 2 atom stereocenters. The summed E-state index contributed by atoms with van der Waals surface area (Å²) >= 11 is 1.61. The summed E-state index contributed by atoms with van der Waals surface area (Å²) in [6.07, 6.45) is 4.65. The molecule has 0 bridgehead atoms. The van der Waals surface area contributed by atoms with Crippen molar-refractivity contribution in [1.82, 2.24) is 10.3 Å². The van der Waals surface area contributed by atoms with Crippen molar-refractivity contribution in [3.8, 4) is 0 Å². The average molecular weight is 254 g/mol. The van der Waals surface area contributed by atoms with Gasteiger partial charge in [-0.15, -0.1) is 11.3 Å². The van der Waals surface area contributed by atoms with Gasteiger partial charge in [0.2, 0.25) is 0 Å². The topological polar surface area (TPSA) is 62.2 Å². The van der Waals surface area contributed by atoms with Crippen LogP contribution in [0.5, 0.6) is 0 Å². The van der Waals surface area contributed by atoms with Gasteiger partial charge in [-0.25, -0.2) is 4.98 Å². The van der Waals surface area contributed by atoms with Crippen molar-refractivity contribution >= 4 is 17.3 Å². The van der Waals surface area contributed by atoms with Crippen LogP contribution in [0, 0.1) is 5.92 Å². The van der Waals surface area contributed by atoms with Crippen molar-refractivity contribution in [3.63, 3.8) is 0 Å². The normalized spacial score (nSPS) is 24.7. The van der Waals surface area contributed by atoms with E-state index in [1.54, 1.807) is 11.3 Å². The van der Waals surface area contributed by atoms with Gasteiger partial charge in [0.25, 0.3) is 0 Å². The summed E-state index contributed by atoms with van der Waals surface area (Å²) in [5.74, 6) is -0.795. The maximum absolute atomic E-state index is 10.9. The molecule has 94 valence electrons. The van der Waals surface area contributed by atoms with Crippen LogP contribution in [0.4, 0.5) is 0 Å². The van der Waals surface area contributed by atoms with E-state index in [9.17, 15) is 4.79 Å². The van der Waals surface area contributed by atoms with Crippen molar-refractivity contribution in [1.29, 1.82) is 0 Å². The Morgan fingerprint density at radius 3 is 3.18 bits per heavy atom. The number of carboxylic acids is 1. The quantitative estimate of drug-likeness (QED) is 0.842. The lowest BCUT2D eigenvalue weighted by Crippen LogP contribution is -2.37. The summed E-state index contributed by atoms with van der Waals surface area (Å²) in [5.41, 5.74) is 2.96. The number of aromatic nitrogens is 1. The van der Waals surface area contributed by atoms with Gasteiger partial charge in [-0.2, -0.15) is 0 Å². The van der Waals surface area contributed by atoms with E-state index in [1.165, 1.54) is 0 Å². The van der Waals surface area contributed by atoms with Gasteiger partial charge in [0.1, 0.15) is 0 Å². The Bertz CT molecular complexity index is 353. The van der Waals surface area contributed by atoms with Crippen molar-refractivity contribution < 1.29 is 9.90 Å². The monoisotopic (exact) mass is 254 g/mol. The third-order valence-corrected chi connectivity index (χ3v) is 3.96. The van der Waals surface area contributed by atoms with Crippen molar-refractivity contribution in [2.24, 2.45) is 5.92 Å². The van der Waals surface area contributed by atoms with Gasteiger partial charge in [0.05, 0.1) is 17.1 Å². The van der Waals surface area contributed by atoms with Crippen LogP contribution in [-0.4, -0.2) is 28.6 Å². The minimum atomic E-state index is -0.643. The molecule has 17 heavy (non-hydrogen) atoms. The van der Waals surface area contributed by atoms with Crippen LogP contribution in [0.15, 0.2) is 10.9 Å². The molecule has 1 fully saturated rings. The molecule has 2 unspecified atom stereocenters. The standard InChI is InChI=1S/C12H18N2O2S/c15-12(16)9-2-1-3-10(6-9)13-5-4-11-7-17-8-14-11/h7-10,13H,1-6H2,(H,15,16). The first kappa shape index (κ1) is 12.5. The summed E-state index contributed by atoms with van der Waals surface area (Å²) < 4.78 is 0. The Morgan fingerprint density at radius 2 is 2.47 bits per heavy atom. The van der Waals surface area contributed by atoms with Gasteiger partial charge in [-0.3, -0.25) is 4.79 Å². The Hall–Kier alpha value is -0.940. The average Bonchev–Trinajstić information content (AvgIpc) is 2.82. The van der Waals surface area contributed by atoms with Gasteiger partial charge in [-0.05, 0) is 19.3 Å². The molecule has 0 radical (unpaired) electrons. The molecule has 0 saturated heterocycles. The first-order valence-corrected chi connectivity index (χ1v) is 7.03. The van der Waals surface area contributed by atoms with E-state index in [2.05, 4.69) is 15.7 Å². The number of hydrogen-bond donors (Lipinski definition) is 2. The zero-order valence-corrected chi connectivity index (χ0v) is 10.6. The lowest BCUT2D eigenvalue weighted by atomic mass is 9.86. The molecular weight excluding hydrogens is 236 g/mol. The first-order valence-electron chi connectivity index (χ1n) is 6.09. The molecule has 2 rings (SSSR count). The second-order valence-corrected chi connectivity index (χ2v) is 5.30. The molecule has 5 heteroatoms. The highest BCUT2D eigenvalue weighted by atomic mass is 32.1. The van der Waals surface area contributed by atoms with Crippen molar-refractivity contribution in [3.05, 3.63) is 16.6 Å². The minimum absolute atomic E-state index is 0.152. The molecule has 2 N–H and O–H groups in total. The Balaban J connectivity index is 1.70. The molecule has 4 nitrogen and oxygen atoms in total. The second-order valence-electron chi connectivity index (χ2n) is 4.58. The van der Waals surface area contributed by atoms with Crippen LogP contribution in [0.1, 0.15) is 31.4 Å². The van der Waals surface area contributed by atoms with E-state index in [-0.39, 0.29) is 5.92 Å². The SMILES string of the molecule is O=C(O)C1CCCC(NCCc2cscn2)C1. The first-order chi connectivity index (χ1) is 8.25. The highest BCUT2D eigenvalue weighted by molar-refractivity contribution is 7.07. The number of nitrogens with one attached hydrogen (secondary N) is 1. The van der Waals surface area contributed by atoms with Gasteiger partial charge in [0, 0.05) is 24.4 Å². The van der Waals surface area contributed by atoms with Crippen LogP contribution in [0.25, 0.3) is 0 Å². The highest BCUT2D eigenvalue weighted by Gasteiger charge is 2.26. The molecule has 1 aliphatic rings. The maximum atomic E-state index is 10.9. The molecule has 0 amide bonds. The zero-order chi connectivity index (χ0) is 12.1. The van der Waals surface area contributed by atoms with E-state index >= 15 is 0 Å². The lowest BCUT2D eigenvalue weighted by Gasteiger charge is -2.27. The van der Waals surface area contributed by atoms with Crippen LogP contribution in [0.2, 0.25) is 0 Å². The number of thiazole rings is 1. The fraction of sp³-hybridized carbons (Fsp3) is 0.667. The zero-order valence-electron chi connectivity index (χ0n) is 9.76. The number of carbonyl (C=O) groups is 1. The van der Waals surface area contributed by atoms with Crippen LogP contribution >= 0.6 is 11.3 Å². The molecule has 0 aromatic carbocycles. The summed E-state index contributed by atoms with van der Waals surface area (Å²) in [5, 5.41) is 14.5. The predicted molar refractivity (Wildman–Crippen MR) is 67.2 cm³/mol. The Morgan fingerprint density at radius 1 is 1.59 bits per heavy atom. The fourth-order valence-electron chi connectivity index (χ4n) is 2.36. The summed E-state index contributed by atoms with van der Waals surface area (Å²) in [6.45, 7) is 0.890. The van der Waals surface area contributed by atoms with Crippen molar-refractivity contribution in [2.75, 3.05) is 6.54 Å². The van der Waals surface area contributed by atoms with Gasteiger partial charge >= 0.3 is 5.97 Å². The van der Waals surface area contributed by atoms with Gasteiger partial charge in [-0.1, -0.05) is 6.42 Å². The summed E-state index contributed by atoms with van der Waals surface area (Å²) in [7, 11) is 0. The molecule has 1 saturated carbocycles. The van der Waals surface area contributed by atoms with E-state index in [0.29, 0.717) is 6.04 Å². The van der Waals surface area contributed by atoms with E-state index in [1.807, 2.05) is 5.51 Å². The summed E-state index contributed by atoms with van der Waals surface area (Å²) in [4.78, 5) is 15.2. The Labute approximate surface area is 105 Å². The number of nitrogens with zero attached hydrogens (tertiary/aromatic N) is 1. The second kappa shape index (κ2) is 6.12. The van der Waals surface area contributed by atoms with Gasteiger partial charge in [0.15, 0.2) is 0 Å². The Kier molecular flexibility index (Phi) is 4.50. The number of rotatable bonds is 5.